The quantitative estimate of drug-likeness (QED) is 0.351. The van der Waals surface area contributed by atoms with Gasteiger partial charge in [0.05, 0.1) is 24.4 Å². The van der Waals surface area contributed by atoms with Crippen molar-refractivity contribution in [2.75, 3.05) is 0 Å². The molecule has 0 saturated heterocycles. The second-order valence-corrected chi connectivity index (χ2v) is 6.66. The normalized spacial score (nSPS) is 10.7. The number of non-ortho nitro benzene ring substituents is 1. The highest BCUT2D eigenvalue weighted by atomic mass is 79.9. The number of nitro benzene ring substituents is 1. The molecule has 116 valence electrons. The van der Waals surface area contributed by atoms with E-state index in [4.69, 9.17) is 16.3 Å². The van der Waals surface area contributed by atoms with Gasteiger partial charge in [-0.15, -0.1) is 0 Å². The number of aromatic nitrogens is 1. The topological polar surface area (TPSA) is 65.3 Å². The number of hydrogen-bond donors (Lipinski definition) is 0. The molecule has 0 aliphatic carbocycles. The summed E-state index contributed by atoms with van der Waals surface area (Å²) < 4.78 is 6.85. The summed E-state index contributed by atoms with van der Waals surface area (Å²) in [6.07, 6.45) is 1.59. The maximum absolute atomic E-state index is 10.9. The standard InChI is InChI=1S/C15H7Br2ClN2O3/c16-10-6-8(20(21)22)7-11(17)15(10)23-13-4-5-19-14-9(13)2-1-3-12(14)18/h1-7H. The van der Waals surface area contributed by atoms with Crippen molar-refractivity contribution in [3.05, 3.63) is 66.7 Å². The van der Waals surface area contributed by atoms with Gasteiger partial charge in [-0.1, -0.05) is 17.7 Å². The van der Waals surface area contributed by atoms with Crippen molar-refractivity contribution in [1.82, 2.24) is 4.98 Å². The molecule has 0 saturated carbocycles. The van der Waals surface area contributed by atoms with Crippen LogP contribution in [0.4, 0.5) is 5.69 Å². The van der Waals surface area contributed by atoms with Crippen molar-refractivity contribution in [1.29, 1.82) is 0 Å². The Morgan fingerprint density at radius 2 is 1.87 bits per heavy atom. The van der Waals surface area contributed by atoms with Crippen molar-refractivity contribution in [3.8, 4) is 11.5 Å². The zero-order valence-electron chi connectivity index (χ0n) is 11.3. The van der Waals surface area contributed by atoms with Crippen LogP contribution in [-0.2, 0) is 0 Å². The van der Waals surface area contributed by atoms with Crippen LogP contribution in [0.3, 0.4) is 0 Å². The average Bonchev–Trinajstić information content (AvgIpc) is 2.51. The van der Waals surface area contributed by atoms with Crippen molar-refractivity contribution in [2.45, 2.75) is 0 Å². The molecule has 0 amide bonds. The summed E-state index contributed by atoms with van der Waals surface area (Å²) in [7, 11) is 0. The fourth-order valence-electron chi connectivity index (χ4n) is 2.06. The van der Waals surface area contributed by atoms with E-state index in [-0.39, 0.29) is 5.69 Å². The third-order valence-corrected chi connectivity index (χ3v) is 4.57. The van der Waals surface area contributed by atoms with Crippen LogP contribution in [0.1, 0.15) is 0 Å². The third kappa shape index (κ3) is 3.17. The van der Waals surface area contributed by atoms with Crippen LogP contribution in [-0.4, -0.2) is 9.91 Å². The Balaban J connectivity index is 2.10. The molecule has 3 aromatic rings. The van der Waals surface area contributed by atoms with Gasteiger partial charge < -0.3 is 4.74 Å². The Hall–Kier alpha value is -1.70. The van der Waals surface area contributed by atoms with E-state index in [1.807, 2.05) is 6.07 Å². The highest BCUT2D eigenvalue weighted by Gasteiger charge is 2.17. The molecule has 0 aliphatic heterocycles. The molecule has 2 aromatic carbocycles. The largest absolute Gasteiger partial charge is 0.454 e. The minimum atomic E-state index is -0.471. The average molecular weight is 458 g/mol. The second kappa shape index (κ2) is 6.43. The van der Waals surface area contributed by atoms with Gasteiger partial charge in [0, 0.05) is 23.7 Å². The van der Waals surface area contributed by atoms with E-state index in [0.717, 1.165) is 5.39 Å². The van der Waals surface area contributed by atoms with E-state index in [0.29, 0.717) is 31.0 Å². The van der Waals surface area contributed by atoms with Crippen LogP contribution >= 0.6 is 43.5 Å². The maximum atomic E-state index is 10.9. The van der Waals surface area contributed by atoms with Gasteiger partial charge >= 0.3 is 0 Å². The number of benzene rings is 2. The number of halogens is 3. The third-order valence-electron chi connectivity index (χ3n) is 3.09. The molecule has 23 heavy (non-hydrogen) atoms. The molecule has 0 N–H and O–H groups in total. The molecular formula is C15H7Br2ClN2O3. The summed E-state index contributed by atoms with van der Waals surface area (Å²) in [5, 5.41) is 12.2. The fourth-order valence-corrected chi connectivity index (χ4v) is 3.61. The highest BCUT2D eigenvalue weighted by Crippen LogP contribution is 2.41. The van der Waals surface area contributed by atoms with Gasteiger partial charge in [-0.05, 0) is 50.1 Å². The summed E-state index contributed by atoms with van der Waals surface area (Å²) in [5.74, 6) is 0.982. The zero-order chi connectivity index (χ0) is 16.6. The van der Waals surface area contributed by atoms with E-state index in [1.54, 1.807) is 24.4 Å². The number of fused-ring (bicyclic) bond motifs is 1. The highest BCUT2D eigenvalue weighted by molar-refractivity contribution is 9.11. The zero-order valence-corrected chi connectivity index (χ0v) is 15.2. The monoisotopic (exact) mass is 456 g/mol. The predicted molar refractivity (Wildman–Crippen MR) is 95.3 cm³/mol. The van der Waals surface area contributed by atoms with Gasteiger partial charge in [0.25, 0.3) is 5.69 Å². The minimum Gasteiger partial charge on any atom is -0.454 e. The van der Waals surface area contributed by atoms with Gasteiger partial charge in [0.2, 0.25) is 0 Å². The Morgan fingerprint density at radius 1 is 1.17 bits per heavy atom. The molecule has 0 bridgehead atoms. The molecule has 0 radical (unpaired) electrons. The molecule has 1 heterocycles. The second-order valence-electron chi connectivity index (χ2n) is 4.54. The lowest BCUT2D eigenvalue weighted by Gasteiger charge is -2.12. The first-order valence-corrected chi connectivity index (χ1v) is 8.28. The Bertz CT molecular complexity index is 911. The fraction of sp³-hybridized carbons (Fsp3) is 0. The molecule has 0 aliphatic rings. The van der Waals surface area contributed by atoms with Crippen LogP contribution < -0.4 is 4.74 Å². The summed E-state index contributed by atoms with van der Waals surface area (Å²) in [5.41, 5.74) is 0.583. The molecule has 1 aromatic heterocycles. The molecular weight excluding hydrogens is 451 g/mol. The van der Waals surface area contributed by atoms with Crippen LogP contribution in [0.5, 0.6) is 11.5 Å². The van der Waals surface area contributed by atoms with Gasteiger partial charge in [-0.25, -0.2) is 0 Å². The van der Waals surface area contributed by atoms with E-state index < -0.39 is 4.92 Å². The lowest BCUT2D eigenvalue weighted by molar-refractivity contribution is -0.385. The number of ether oxygens (including phenoxy) is 1. The first-order valence-electron chi connectivity index (χ1n) is 6.32. The van der Waals surface area contributed by atoms with Gasteiger partial charge in [-0.3, -0.25) is 15.1 Å². The van der Waals surface area contributed by atoms with E-state index in [1.165, 1.54) is 12.1 Å². The number of hydrogen-bond acceptors (Lipinski definition) is 4. The number of nitrogens with zero attached hydrogens (tertiary/aromatic N) is 2. The first kappa shape index (κ1) is 16.2. The Morgan fingerprint density at radius 3 is 2.52 bits per heavy atom. The van der Waals surface area contributed by atoms with Gasteiger partial charge in [0.1, 0.15) is 5.75 Å². The summed E-state index contributed by atoms with van der Waals surface area (Å²) in [6.45, 7) is 0. The first-order chi connectivity index (χ1) is 11.0. The summed E-state index contributed by atoms with van der Waals surface area (Å²) >= 11 is 12.7. The number of para-hydroxylation sites is 1. The Labute approximate surface area is 152 Å². The van der Waals surface area contributed by atoms with Crippen LogP contribution in [0.2, 0.25) is 5.02 Å². The molecule has 3 rings (SSSR count). The van der Waals surface area contributed by atoms with Crippen LogP contribution in [0, 0.1) is 10.1 Å². The summed E-state index contributed by atoms with van der Waals surface area (Å²) in [6, 6.07) is 9.88. The smallest absolute Gasteiger partial charge is 0.271 e. The van der Waals surface area contributed by atoms with E-state index in [2.05, 4.69) is 36.8 Å². The van der Waals surface area contributed by atoms with Gasteiger partial charge in [0.15, 0.2) is 5.75 Å². The van der Waals surface area contributed by atoms with Crippen LogP contribution in [0.25, 0.3) is 10.9 Å². The lowest BCUT2D eigenvalue weighted by atomic mass is 10.2. The van der Waals surface area contributed by atoms with E-state index in [9.17, 15) is 10.1 Å². The summed E-state index contributed by atoms with van der Waals surface area (Å²) in [4.78, 5) is 14.7. The molecule has 0 spiro atoms. The maximum Gasteiger partial charge on any atom is 0.271 e. The molecule has 0 fully saturated rings. The molecule has 5 nitrogen and oxygen atoms in total. The number of pyridine rings is 1. The molecule has 8 heteroatoms. The number of rotatable bonds is 3. The van der Waals surface area contributed by atoms with E-state index >= 15 is 0 Å². The molecule has 0 atom stereocenters. The molecule has 0 unspecified atom stereocenters. The minimum absolute atomic E-state index is 0.0428. The SMILES string of the molecule is O=[N+]([O-])c1cc(Br)c(Oc2ccnc3c(Cl)cccc23)c(Br)c1. The van der Waals surface area contributed by atoms with Crippen molar-refractivity contribution in [2.24, 2.45) is 0 Å². The van der Waals surface area contributed by atoms with Crippen molar-refractivity contribution in [3.63, 3.8) is 0 Å². The lowest BCUT2D eigenvalue weighted by Crippen LogP contribution is -1.93. The van der Waals surface area contributed by atoms with Gasteiger partial charge in [-0.2, -0.15) is 0 Å². The van der Waals surface area contributed by atoms with Crippen LogP contribution in [0.15, 0.2) is 51.5 Å². The number of nitro groups is 1. The predicted octanol–water partition coefficient (Wildman–Crippen LogP) is 6.11. The van der Waals surface area contributed by atoms with Crippen molar-refractivity contribution >= 4 is 60.1 Å². The Kier molecular flexibility index (Phi) is 4.52. The van der Waals surface area contributed by atoms with Crippen molar-refractivity contribution < 1.29 is 9.66 Å².